The highest BCUT2D eigenvalue weighted by atomic mass is 19.1. The fraction of sp³-hybridized carbons (Fsp3) is 0.350. The number of aryl methyl sites for hydroxylation is 1. The van der Waals surface area contributed by atoms with Crippen LogP contribution >= 0.6 is 0 Å². The average molecular weight is 380 g/mol. The molecule has 3 rings (SSSR count). The molecular weight excluding hydrogens is 359 g/mol. The monoisotopic (exact) mass is 380 g/mol. The summed E-state index contributed by atoms with van der Waals surface area (Å²) in [5.74, 6) is -1.05. The van der Waals surface area contributed by atoms with Crippen molar-refractivity contribution in [2.45, 2.75) is 40.0 Å². The molecule has 144 valence electrons. The van der Waals surface area contributed by atoms with Gasteiger partial charge in [0.1, 0.15) is 23.1 Å². The van der Waals surface area contributed by atoms with E-state index in [2.05, 4.69) is 27.5 Å². The van der Waals surface area contributed by atoms with E-state index in [1.54, 1.807) is 10.7 Å². The number of pyridine rings is 1. The van der Waals surface area contributed by atoms with E-state index in [1.807, 2.05) is 19.9 Å². The average Bonchev–Trinajstić information content (AvgIpc) is 3.02. The number of halogens is 1. The molecule has 0 saturated heterocycles. The Balaban J connectivity index is 2.17. The second-order valence-electron chi connectivity index (χ2n) is 6.59. The van der Waals surface area contributed by atoms with Crippen molar-refractivity contribution in [3.63, 3.8) is 0 Å². The van der Waals surface area contributed by atoms with Gasteiger partial charge in [-0.2, -0.15) is 5.26 Å². The summed E-state index contributed by atoms with van der Waals surface area (Å²) in [6.45, 7) is 6.28. The molecule has 1 N–H and O–H groups in total. The number of benzene rings is 1. The Hall–Kier alpha value is -3.34. The van der Waals surface area contributed by atoms with Crippen molar-refractivity contribution in [2.75, 3.05) is 6.54 Å². The third-order valence-corrected chi connectivity index (χ3v) is 4.67. The van der Waals surface area contributed by atoms with Crippen LogP contribution in [0, 0.1) is 31.0 Å². The Kier molecular flexibility index (Phi) is 5.64. The summed E-state index contributed by atoms with van der Waals surface area (Å²) < 4.78 is 15.7. The second kappa shape index (κ2) is 8.13. The summed E-state index contributed by atoms with van der Waals surface area (Å²) in [5.41, 5.74) is 2.08. The Morgan fingerprint density at radius 1 is 1.32 bits per heavy atom. The van der Waals surface area contributed by atoms with Gasteiger partial charge in [0.15, 0.2) is 0 Å². The van der Waals surface area contributed by atoms with Crippen molar-refractivity contribution in [2.24, 2.45) is 0 Å². The number of nitrogens with one attached hydrogen (secondary N) is 1. The molecule has 0 aliphatic rings. The minimum atomic E-state index is -0.680. The molecule has 2 aromatic heterocycles. The van der Waals surface area contributed by atoms with E-state index in [0.717, 1.165) is 30.7 Å². The van der Waals surface area contributed by atoms with Crippen LogP contribution in [0.25, 0.3) is 16.6 Å². The summed E-state index contributed by atoms with van der Waals surface area (Å²) >= 11 is 0. The zero-order valence-electron chi connectivity index (χ0n) is 16.1. The predicted molar refractivity (Wildman–Crippen MR) is 103 cm³/mol. The molecule has 0 saturated carbocycles. The maximum absolute atomic E-state index is 14.2. The van der Waals surface area contributed by atoms with Crippen molar-refractivity contribution in [1.29, 1.82) is 5.26 Å². The van der Waals surface area contributed by atoms with Crippen molar-refractivity contribution in [1.82, 2.24) is 25.3 Å². The van der Waals surface area contributed by atoms with E-state index < -0.39 is 5.82 Å². The minimum Gasteiger partial charge on any atom is -0.351 e. The van der Waals surface area contributed by atoms with Gasteiger partial charge in [-0.05, 0) is 38.5 Å². The summed E-state index contributed by atoms with van der Waals surface area (Å²) in [6.07, 6.45) is 2.92. The molecule has 3 aromatic rings. The zero-order chi connectivity index (χ0) is 20.3. The van der Waals surface area contributed by atoms with Crippen LogP contribution in [0.2, 0.25) is 0 Å². The van der Waals surface area contributed by atoms with E-state index in [9.17, 15) is 14.4 Å². The Labute approximate surface area is 162 Å². The van der Waals surface area contributed by atoms with E-state index in [0.29, 0.717) is 17.6 Å². The number of unbranched alkanes of at least 4 members (excludes halogenated alkanes) is 2. The van der Waals surface area contributed by atoms with Crippen LogP contribution in [-0.4, -0.2) is 32.4 Å². The summed E-state index contributed by atoms with van der Waals surface area (Å²) in [4.78, 5) is 16.9. The van der Waals surface area contributed by atoms with Gasteiger partial charge in [0.25, 0.3) is 5.91 Å². The number of hydrogen-bond donors (Lipinski definition) is 1. The second-order valence-corrected chi connectivity index (χ2v) is 6.59. The van der Waals surface area contributed by atoms with Crippen molar-refractivity contribution >= 4 is 16.8 Å². The van der Waals surface area contributed by atoms with Crippen molar-refractivity contribution < 1.29 is 9.18 Å². The molecule has 28 heavy (non-hydrogen) atoms. The number of carbonyl (C=O) groups is 1. The molecule has 0 spiro atoms. The van der Waals surface area contributed by atoms with Crippen LogP contribution in [-0.2, 0) is 0 Å². The van der Waals surface area contributed by atoms with Gasteiger partial charge in [0.2, 0.25) is 0 Å². The molecule has 1 aromatic carbocycles. The van der Waals surface area contributed by atoms with Gasteiger partial charge in [-0.25, -0.2) is 14.1 Å². The highest BCUT2D eigenvalue weighted by Crippen LogP contribution is 2.27. The van der Waals surface area contributed by atoms with Crippen LogP contribution in [0.5, 0.6) is 0 Å². The SMILES string of the molecule is CCCCCNC(=O)c1cc(-n2nnc(C)c2C)c2ccc(F)c(C#N)c2n1. The van der Waals surface area contributed by atoms with Gasteiger partial charge < -0.3 is 5.32 Å². The summed E-state index contributed by atoms with van der Waals surface area (Å²) in [6, 6.07) is 6.20. The number of fused-ring (bicyclic) bond motifs is 1. The first-order valence-corrected chi connectivity index (χ1v) is 9.18. The third kappa shape index (κ3) is 3.56. The van der Waals surface area contributed by atoms with Crippen LogP contribution in [0.15, 0.2) is 18.2 Å². The number of aromatic nitrogens is 4. The lowest BCUT2D eigenvalue weighted by atomic mass is 10.1. The Morgan fingerprint density at radius 3 is 2.75 bits per heavy atom. The largest absolute Gasteiger partial charge is 0.351 e. The smallest absolute Gasteiger partial charge is 0.269 e. The molecule has 0 fully saturated rings. The zero-order valence-corrected chi connectivity index (χ0v) is 16.1. The molecule has 2 heterocycles. The Morgan fingerprint density at radius 2 is 2.11 bits per heavy atom. The molecule has 7 nitrogen and oxygen atoms in total. The van der Waals surface area contributed by atoms with Gasteiger partial charge in [-0.15, -0.1) is 5.10 Å². The molecule has 0 bridgehead atoms. The van der Waals surface area contributed by atoms with Gasteiger partial charge in [0.05, 0.1) is 22.6 Å². The number of amides is 1. The van der Waals surface area contributed by atoms with E-state index in [4.69, 9.17) is 0 Å². The fourth-order valence-corrected chi connectivity index (χ4v) is 2.95. The normalized spacial score (nSPS) is 10.8. The summed E-state index contributed by atoms with van der Waals surface area (Å²) in [5, 5.41) is 20.9. The van der Waals surface area contributed by atoms with Gasteiger partial charge in [-0.1, -0.05) is 25.0 Å². The number of nitriles is 1. The van der Waals surface area contributed by atoms with Crippen LogP contribution in [0.1, 0.15) is 53.6 Å². The maximum atomic E-state index is 14.2. The molecule has 0 unspecified atom stereocenters. The molecule has 1 amide bonds. The lowest BCUT2D eigenvalue weighted by Gasteiger charge is -2.12. The summed E-state index contributed by atoms with van der Waals surface area (Å²) in [7, 11) is 0. The van der Waals surface area contributed by atoms with Gasteiger partial charge in [0, 0.05) is 11.9 Å². The van der Waals surface area contributed by atoms with E-state index in [1.165, 1.54) is 12.1 Å². The van der Waals surface area contributed by atoms with Gasteiger partial charge >= 0.3 is 0 Å². The first-order valence-electron chi connectivity index (χ1n) is 9.18. The van der Waals surface area contributed by atoms with Crippen LogP contribution < -0.4 is 5.32 Å². The fourth-order valence-electron chi connectivity index (χ4n) is 2.95. The highest BCUT2D eigenvalue weighted by Gasteiger charge is 2.19. The minimum absolute atomic E-state index is 0.105. The first-order chi connectivity index (χ1) is 13.5. The molecular formula is C20H21FN6O. The van der Waals surface area contributed by atoms with Crippen molar-refractivity contribution in [3.05, 3.63) is 46.7 Å². The highest BCUT2D eigenvalue weighted by molar-refractivity contribution is 5.99. The molecule has 8 heteroatoms. The number of nitrogens with zero attached hydrogens (tertiary/aromatic N) is 5. The van der Waals surface area contributed by atoms with Crippen LogP contribution in [0.3, 0.4) is 0 Å². The molecule has 0 aliphatic heterocycles. The van der Waals surface area contributed by atoms with Crippen molar-refractivity contribution in [3.8, 4) is 11.8 Å². The number of hydrogen-bond acceptors (Lipinski definition) is 5. The Bertz CT molecular complexity index is 1080. The number of rotatable bonds is 6. The van der Waals surface area contributed by atoms with E-state index in [-0.39, 0.29) is 22.7 Å². The molecule has 0 atom stereocenters. The van der Waals surface area contributed by atoms with E-state index >= 15 is 0 Å². The topological polar surface area (TPSA) is 96.5 Å². The standard InChI is InChI=1S/C20H21FN6O/c1-4-5-6-9-23-20(28)17-10-18(27-13(3)12(2)25-26-27)14-7-8-16(21)15(11-22)19(14)24-17/h7-8,10H,4-6,9H2,1-3H3,(H,23,28). The van der Waals surface area contributed by atoms with Crippen LogP contribution in [0.4, 0.5) is 4.39 Å². The van der Waals surface area contributed by atoms with Gasteiger partial charge in [-0.3, -0.25) is 4.79 Å². The number of carbonyl (C=O) groups excluding carboxylic acids is 1. The lowest BCUT2D eigenvalue weighted by Crippen LogP contribution is -2.25. The first kappa shape index (κ1) is 19.4. The maximum Gasteiger partial charge on any atom is 0.269 e. The lowest BCUT2D eigenvalue weighted by molar-refractivity contribution is 0.0948. The predicted octanol–water partition coefficient (Wildman–Crippen LogP) is 3.36. The quantitative estimate of drug-likeness (QED) is 0.662. The molecule has 0 aliphatic carbocycles. The third-order valence-electron chi connectivity index (χ3n) is 4.67. The molecule has 0 radical (unpaired) electrons.